The third-order valence-electron chi connectivity index (χ3n) is 7.34. The maximum absolute atomic E-state index is 13.8. The SMILES string of the molecule is O=c1n(-c2ccccc2)c(=O)n2n1CC=C1C2Cn2c(=O)n(-c3ccccc3)c(=O)n2C1c1ccc(CO)o1. The first-order chi connectivity index (χ1) is 19.0. The van der Waals surface area contributed by atoms with Crippen LogP contribution in [0.15, 0.2) is 108 Å². The van der Waals surface area contributed by atoms with Crippen LogP contribution >= 0.6 is 0 Å². The summed E-state index contributed by atoms with van der Waals surface area (Å²) in [6, 6.07) is 18.8. The van der Waals surface area contributed by atoms with Gasteiger partial charge < -0.3 is 9.52 Å². The number of benzene rings is 2. The number of rotatable bonds is 4. The summed E-state index contributed by atoms with van der Waals surface area (Å²) in [4.78, 5) is 54.6. The number of allylic oxidation sites excluding steroid dienone is 2. The van der Waals surface area contributed by atoms with Crippen molar-refractivity contribution < 1.29 is 9.52 Å². The van der Waals surface area contributed by atoms with Crippen LogP contribution in [0.4, 0.5) is 0 Å². The highest BCUT2D eigenvalue weighted by Gasteiger charge is 2.42. The molecule has 39 heavy (non-hydrogen) atoms. The highest BCUT2D eigenvalue weighted by atomic mass is 16.4. The van der Waals surface area contributed by atoms with E-state index in [-0.39, 0.29) is 25.5 Å². The van der Waals surface area contributed by atoms with E-state index in [0.717, 1.165) is 9.13 Å². The molecule has 0 saturated heterocycles. The molecule has 0 fully saturated rings. The number of furan rings is 1. The van der Waals surface area contributed by atoms with Crippen LogP contribution in [0.5, 0.6) is 0 Å². The standard InChI is InChI=1S/C27H22N6O6/c34-16-19-11-12-22(39-19)23-20-13-14-28-24(35)30(17-7-3-1-4-8-17)26(37)32(28)21(20)15-29-25(36)31(27(38)33(23)29)18-9-5-2-6-10-18/h1-13,21,23,34H,14-16H2. The molecule has 0 amide bonds. The Morgan fingerprint density at radius 2 is 1.31 bits per heavy atom. The molecule has 196 valence electrons. The van der Waals surface area contributed by atoms with Gasteiger partial charge in [0.1, 0.15) is 24.2 Å². The van der Waals surface area contributed by atoms with E-state index in [2.05, 4.69) is 0 Å². The summed E-state index contributed by atoms with van der Waals surface area (Å²) in [5.41, 5.74) is -0.753. The molecule has 0 bridgehead atoms. The maximum Gasteiger partial charge on any atom is 0.352 e. The van der Waals surface area contributed by atoms with Crippen molar-refractivity contribution in [3.05, 3.63) is 138 Å². The fourth-order valence-electron chi connectivity index (χ4n) is 5.63. The lowest BCUT2D eigenvalue weighted by Crippen LogP contribution is -2.46. The van der Waals surface area contributed by atoms with Crippen LogP contribution in [0.2, 0.25) is 0 Å². The van der Waals surface area contributed by atoms with Crippen molar-refractivity contribution in [3.63, 3.8) is 0 Å². The van der Waals surface area contributed by atoms with Crippen LogP contribution < -0.4 is 22.8 Å². The van der Waals surface area contributed by atoms with Crippen molar-refractivity contribution in [2.45, 2.75) is 31.8 Å². The predicted octanol–water partition coefficient (Wildman–Crippen LogP) is 0.784. The van der Waals surface area contributed by atoms with E-state index < -0.39 is 34.8 Å². The second-order valence-electron chi connectivity index (χ2n) is 9.41. The molecule has 0 aliphatic carbocycles. The van der Waals surface area contributed by atoms with Gasteiger partial charge in [0.2, 0.25) is 0 Å². The monoisotopic (exact) mass is 526 g/mol. The highest BCUT2D eigenvalue weighted by Crippen LogP contribution is 2.39. The number of aliphatic hydroxyl groups excluding tert-OH is 1. The molecule has 1 N–H and O–H groups in total. The molecule has 2 aliphatic heterocycles. The first-order valence-corrected chi connectivity index (χ1v) is 12.4. The van der Waals surface area contributed by atoms with Crippen LogP contribution in [-0.2, 0) is 19.7 Å². The Labute approximate surface area is 218 Å². The molecule has 3 aromatic heterocycles. The molecule has 5 aromatic rings. The van der Waals surface area contributed by atoms with Crippen LogP contribution in [0.25, 0.3) is 11.4 Å². The molecule has 2 aliphatic rings. The number of aliphatic hydroxyl groups is 1. The molecule has 0 spiro atoms. The van der Waals surface area contributed by atoms with Gasteiger partial charge in [0, 0.05) is 0 Å². The number of fused-ring (bicyclic) bond motifs is 4. The fourth-order valence-corrected chi connectivity index (χ4v) is 5.63. The Balaban J connectivity index is 1.49. The largest absolute Gasteiger partial charge is 0.461 e. The van der Waals surface area contributed by atoms with Gasteiger partial charge in [-0.05, 0) is 42.0 Å². The average molecular weight is 527 g/mol. The minimum Gasteiger partial charge on any atom is -0.461 e. The van der Waals surface area contributed by atoms with Crippen molar-refractivity contribution in [2.24, 2.45) is 0 Å². The minimum absolute atomic E-state index is 0.0536. The summed E-state index contributed by atoms with van der Waals surface area (Å²) in [6.45, 7) is -0.314. The van der Waals surface area contributed by atoms with Crippen LogP contribution in [0, 0.1) is 0 Å². The zero-order valence-electron chi connectivity index (χ0n) is 20.5. The van der Waals surface area contributed by atoms with E-state index in [1.54, 1.807) is 78.9 Å². The van der Waals surface area contributed by atoms with Crippen LogP contribution in [0.3, 0.4) is 0 Å². The number of hydrogen-bond acceptors (Lipinski definition) is 6. The zero-order valence-corrected chi connectivity index (χ0v) is 20.5. The maximum atomic E-state index is 13.8. The molecule has 12 nitrogen and oxygen atoms in total. The van der Waals surface area contributed by atoms with Gasteiger partial charge in [0.25, 0.3) is 0 Å². The summed E-state index contributed by atoms with van der Waals surface area (Å²) in [7, 11) is 0. The molecule has 0 saturated carbocycles. The first kappa shape index (κ1) is 23.0. The Hall–Kier alpha value is -5.10. The van der Waals surface area contributed by atoms with Crippen molar-refractivity contribution >= 4 is 0 Å². The van der Waals surface area contributed by atoms with E-state index in [0.29, 0.717) is 22.7 Å². The van der Waals surface area contributed by atoms with E-state index in [1.807, 2.05) is 0 Å². The van der Waals surface area contributed by atoms with E-state index >= 15 is 0 Å². The quantitative estimate of drug-likeness (QED) is 0.345. The normalized spacial score (nSPS) is 17.8. The van der Waals surface area contributed by atoms with Crippen LogP contribution in [-0.4, -0.2) is 33.0 Å². The van der Waals surface area contributed by atoms with Crippen molar-refractivity contribution in [1.82, 2.24) is 27.9 Å². The molecular weight excluding hydrogens is 504 g/mol. The summed E-state index contributed by atoms with van der Waals surface area (Å²) in [6.07, 6.45) is 1.80. The Kier molecular flexibility index (Phi) is 5.00. The summed E-state index contributed by atoms with van der Waals surface area (Å²) in [5.74, 6) is 0.611. The van der Waals surface area contributed by atoms with Gasteiger partial charge in [-0.3, -0.25) is 0 Å². The lowest BCUT2D eigenvalue weighted by molar-refractivity contribution is 0.216. The Bertz CT molecular complexity index is 2000. The fraction of sp³-hybridized carbons (Fsp3) is 0.185. The van der Waals surface area contributed by atoms with Gasteiger partial charge in [-0.15, -0.1) is 0 Å². The third kappa shape index (κ3) is 3.21. The van der Waals surface area contributed by atoms with Gasteiger partial charge in [-0.1, -0.05) is 42.5 Å². The molecule has 12 heteroatoms. The topological polar surface area (TPSA) is 131 Å². The summed E-state index contributed by atoms with van der Waals surface area (Å²) < 4.78 is 13.4. The van der Waals surface area contributed by atoms with E-state index in [4.69, 9.17) is 4.42 Å². The van der Waals surface area contributed by atoms with Gasteiger partial charge >= 0.3 is 22.8 Å². The van der Waals surface area contributed by atoms with Gasteiger partial charge in [0.05, 0.1) is 30.5 Å². The van der Waals surface area contributed by atoms with E-state index in [1.165, 1.54) is 18.7 Å². The molecule has 5 heterocycles. The van der Waals surface area contributed by atoms with Crippen molar-refractivity contribution in [2.75, 3.05) is 0 Å². The number of para-hydroxylation sites is 2. The second kappa shape index (κ2) is 8.46. The van der Waals surface area contributed by atoms with Gasteiger partial charge in [-0.25, -0.2) is 47.0 Å². The van der Waals surface area contributed by atoms with Gasteiger partial charge in [0.15, 0.2) is 0 Å². The number of aromatic nitrogens is 6. The number of hydrogen-bond donors (Lipinski definition) is 1. The second-order valence-corrected chi connectivity index (χ2v) is 9.41. The predicted molar refractivity (Wildman–Crippen MR) is 138 cm³/mol. The molecule has 2 unspecified atom stereocenters. The Morgan fingerprint density at radius 1 is 0.718 bits per heavy atom. The highest BCUT2D eigenvalue weighted by molar-refractivity contribution is 5.35. The van der Waals surface area contributed by atoms with Crippen LogP contribution in [0.1, 0.15) is 23.6 Å². The third-order valence-corrected chi connectivity index (χ3v) is 7.34. The molecule has 2 aromatic carbocycles. The summed E-state index contributed by atoms with van der Waals surface area (Å²) >= 11 is 0. The average Bonchev–Trinajstić information content (AvgIpc) is 3.62. The first-order valence-electron chi connectivity index (χ1n) is 12.4. The lowest BCUT2D eigenvalue weighted by atomic mass is 9.94. The molecular formula is C27H22N6O6. The minimum atomic E-state index is -0.884. The van der Waals surface area contributed by atoms with Crippen molar-refractivity contribution in [1.29, 1.82) is 0 Å². The number of nitrogens with zero attached hydrogens (tertiary/aromatic N) is 6. The Morgan fingerprint density at radius 3 is 1.90 bits per heavy atom. The van der Waals surface area contributed by atoms with Crippen molar-refractivity contribution in [3.8, 4) is 11.4 Å². The molecule has 2 atom stereocenters. The van der Waals surface area contributed by atoms with E-state index in [9.17, 15) is 24.3 Å². The van der Waals surface area contributed by atoms with Gasteiger partial charge in [-0.2, -0.15) is 0 Å². The smallest absolute Gasteiger partial charge is 0.352 e. The lowest BCUT2D eigenvalue weighted by Gasteiger charge is -2.36. The molecule has 0 radical (unpaired) electrons. The zero-order chi connectivity index (χ0) is 26.8. The summed E-state index contributed by atoms with van der Waals surface area (Å²) in [5, 5.41) is 9.61. The molecule has 7 rings (SSSR count).